The van der Waals surface area contributed by atoms with Crippen molar-refractivity contribution in [2.75, 3.05) is 39.8 Å². The number of likely N-dealkylation sites (N-methyl/N-ethyl adjacent to an activating group) is 1. The third-order valence-corrected chi connectivity index (χ3v) is 5.85. The van der Waals surface area contributed by atoms with E-state index < -0.39 is 0 Å². The highest BCUT2D eigenvalue weighted by atomic mass is 16.1. The van der Waals surface area contributed by atoms with Crippen molar-refractivity contribution in [1.29, 1.82) is 0 Å². The zero-order chi connectivity index (χ0) is 17.9. The second-order valence-corrected chi connectivity index (χ2v) is 7.81. The van der Waals surface area contributed by atoms with Crippen LogP contribution in [0, 0.1) is 0 Å². The Hall–Kier alpha value is -1.97. The number of hydrogen-bond donors (Lipinski definition) is 0. The average molecular weight is 348 g/mol. The molecule has 1 heterocycles. The van der Waals surface area contributed by atoms with E-state index in [1.165, 1.54) is 22.3 Å². The summed E-state index contributed by atoms with van der Waals surface area (Å²) < 4.78 is 0. The summed E-state index contributed by atoms with van der Waals surface area (Å²) >= 11 is 0. The van der Waals surface area contributed by atoms with Gasteiger partial charge in [-0.3, -0.25) is 9.69 Å². The number of rotatable bonds is 3. The van der Waals surface area contributed by atoms with Crippen molar-refractivity contribution in [2.24, 2.45) is 0 Å². The molecule has 1 fully saturated rings. The first kappa shape index (κ1) is 17.4. The minimum Gasteiger partial charge on any atom is -0.304 e. The van der Waals surface area contributed by atoms with E-state index in [9.17, 15) is 4.79 Å². The van der Waals surface area contributed by atoms with Gasteiger partial charge in [-0.1, -0.05) is 36.4 Å². The first-order valence-corrected chi connectivity index (χ1v) is 9.81. The zero-order valence-electron chi connectivity index (χ0n) is 15.7. The first-order valence-electron chi connectivity index (χ1n) is 9.81. The van der Waals surface area contributed by atoms with Crippen molar-refractivity contribution in [1.82, 2.24) is 9.80 Å². The van der Waals surface area contributed by atoms with Crippen molar-refractivity contribution in [2.45, 2.75) is 25.7 Å². The monoisotopic (exact) mass is 348 g/mol. The van der Waals surface area contributed by atoms with E-state index in [4.69, 9.17) is 0 Å². The lowest BCUT2D eigenvalue weighted by molar-refractivity contribution is 0.0875. The molecule has 0 radical (unpaired) electrons. The number of nitrogens with zero attached hydrogens (tertiary/aromatic N) is 2. The second-order valence-electron chi connectivity index (χ2n) is 7.81. The predicted octanol–water partition coefficient (Wildman–Crippen LogP) is 3.00. The molecule has 0 amide bonds. The SMILES string of the molecule is CN1CCN(CC(=O)c2cc3ccc2CCc2ccc(cc2)CC3)CC1. The Labute approximate surface area is 156 Å². The summed E-state index contributed by atoms with van der Waals surface area (Å²) in [5, 5.41) is 0. The van der Waals surface area contributed by atoms with Crippen LogP contribution < -0.4 is 0 Å². The van der Waals surface area contributed by atoms with Crippen LogP contribution in [0.5, 0.6) is 0 Å². The first-order chi connectivity index (χ1) is 12.7. The van der Waals surface area contributed by atoms with Crippen molar-refractivity contribution in [3.63, 3.8) is 0 Å². The van der Waals surface area contributed by atoms with Crippen LogP contribution in [-0.2, 0) is 25.7 Å². The fourth-order valence-electron chi connectivity index (χ4n) is 3.99. The minimum atomic E-state index is 0.289. The minimum absolute atomic E-state index is 0.289. The third kappa shape index (κ3) is 4.05. The molecule has 7 rings (SSSR count). The molecule has 3 heteroatoms. The highest BCUT2D eigenvalue weighted by molar-refractivity contribution is 5.99. The maximum absolute atomic E-state index is 13.1. The lowest BCUT2D eigenvalue weighted by Crippen LogP contribution is -2.46. The van der Waals surface area contributed by atoms with Crippen molar-refractivity contribution in [3.8, 4) is 0 Å². The molecule has 2 aromatic carbocycles. The van der Waals surface area contributed by atoms with Crippen LogP contribution in [0.25, 0.3) is 0 Å². The van der Waals surface area contributed by atoms with Crippen LogP contribution in [0.4, 0.5) is 0 Å². The van der Waals surface area contributed by atoms with Crippen LogP contribution in [0.3, 0.4) is 0 Å². The molecule has 0 aromatic heterocycles. The lowest BCUT2D eigenvalue weighted by atomic mass is 9.91. The quantitative estimate of drug-likeness (QED) is 0.797. The van der Waals surface area contributed by atoms with Gasteiger partial charge >= 0.3 is 0 Å². The molecule has 136 valence electrons. The molecule has 0 unspecified atom stereocenters. The summed E-state index contributed by atoms with van der Waals surface area (Å²) in [5.41, 5.74) is 6.17. The Kier molecular flexibility index (Phi) is 5.18. The maximum atomic E-state index is 13.1. The van der Waals surface area contributed by atoms with Gasteiger partial charge in [0.1, 0.15) is 0 Å². The van der Waals surface area contributed by atoms with E-state index in [0.717, 1.165) is 57.4 Å². The molecule has 1 saturated heterocycles. The molecule has 0 saturated carbocycles. The molecular formula is C23H28N2O. The van der Waals surface area contributed by atoms with Gasteiger partial charge in [-0.15, -0.1) is 0 Å². The van der Waals surface area contributed by atoms with Crippen molar-refractivity contribution in [3.05, 3.63) is 70.3 Å². The number of benzene rings is 2. The molecule has 2 aromatic rings. The van der Waals surface area contributed by atoms with Gasteiger partial charge in [0.25, 0.3) is 0 Å². The number of Topliss-reactive ketones (excluding diaryl/α,β-unsaturated/α-hetero) is 1. The van der Waals surface area contributed by atoms with Crippen LogP contribution in [0.1, 0.15) is 32.6 Å². The van der Waals surface area contributed by atoms with Gasteiger partial charge in [0, 0.05) is 31.7 Å². The van der Waals surface area contributed by atoms with Crippen LogP contribution in [0.15, 0.2) is 42.5 Å². The smallest absolute Gasteiger partial charge is 0.177 e. The van der Waals surface area contributed by atoms with Gasteiger partial charge in [-0.2, -0.15) is 0 Å². The second kappa shape index (κ2) is 7.73. The van der Waals surface area contributed by atoms with Gasteiger partial charge in [0.05, 0.1) is 6.54 Å². The fraction of sp³-hybridized carbons (Fsp3) is 0.435. The van der Waals surface area contributed by atoms with E-state index in [1.54, 1.807) is 0 Å². The predicted molar refractivity (Wildman–Crippen MR) is 106 cm³/mol. The molecule has 0 atom stereocenters. The van der Waals surface area contributed by atoms with Gasteiger partial charge in [0.15, 0.2) is 5.78 Å². The van der Waals surface area contributed by atoms with E-state index in [1.807, 2.05) is 0 Å². The normalized spacial score (nSPS) is 18.5. The molecule has 0 spiro atoms. The van der Waals surface area contributed by atoms with Crippen LogP contribution >= 0.6 is 0 Å². The lowest BCUT2D eigenvalue weighted by Gasteiger charge is -2.32. The summed E-state index contributed by atoms with van der Waals surface area (Å²) in [4.78, 5) is 17.7. The van der Waals surface area contributed by atoms with E-state index >= 15 is 0 Å². The summed E-state index contributed by atoms with van der Waals surface area (Å²) in [5.74, 6) is 0.289. The van der Waals surface area contributed by atoms with E-state index in [-0.39, 0.29) is 5.78 Å². The number of piperazine rings is 1. The molecule has 3 nitrogen and oxygen atoms in total. The van der Waals surface area contributed by atoms with Gasteiger partial charge in [0.2, 0.25) is 0 Å². The number of ketones is 1. The van der Waals surface area contributed by atoms with Crippen molar-refractivity contribution < 1.29 is 4.79 Å². The molecule has 4 bridgehead atoms. The Morgan fingerprint density at radius 1 is 0.808 bits per heavy atom. The number of carbonyl (C=O) groups excluding carboxylic acids is 1. The molecule has 5 aliphatic rings. The van der Waals surface area contributed by atoms with Gasteiger partial charge < -0.3 is 4.90 Å². The van der Waals surface area contributed by atoms with Gasteiger partial charge in [-0.05, 0) is 61.1 Å². The largest absolute Gasteiger partial charge is 0.304 e. The third-order valence-electron chi connectivity index (χ3n) is 5.85. The van der Waals surface area contributed by atoms with Crippen LogP contribution in [-0.4, -0.2) is 55.4 Å². The molecule has 1 aliphatic heterocycles. The maximum Gasteiger partial charge on any atom is 0.177 e. The van der Waals surface area contributed by atoms with Crippen molar-refractivity contribution >= 4 is 5.78 Å². The summed E-state index contributed by atoms with van der Waals surface area (Å²) in [6.45, 7) is 4.63. The van der Waals surface area contributed by atoms with Crippen LogP contribution in [0.2, 0.25) is 0 Å². The number of carbonyl (C=O) groups is 1. The molecular weight excluding hydrogens is 320 g/mol. The topological polar surface area (TPSA) is 23.6 Å². The van der Waals surface area contributed by atoms with E-state index in [2.05, 4.69) is 59.3 Å². The average Bonchev–Trinajstić information content (AvgIpc) is 2.65. The molecule has 0 N–H and O–H groups in total. The Morgan fingerprint density at radius 3 is 2.08 bits per heavy atom. The number of aryl methyl sites for hydroxylation is 4. The highest BCUT2D eigenvalue weighted by Gasteiger charge is 2.20. The summed E-state index contributed by atoms with van der Waals surface area (Å²) in [6, 6.07) is 15.6. The Bertz CT molecular complexity index is 773. The van der Waals surface area contributed by atoms with E-state index in [0.29, 0.717) is 6.54 Å². The fourth-order valence-corrected chi connectivity index (χ4v) is 3.99. The summed E-state index contributed by atoms with van der Waals surface area (Å²) in [7, 11) is 2.15. The molecule has 4 aliphatic carbocycles. The zero-order valence-corrected chi connectivity index (χ0v) is 15.7. The molecule has 26 heavy (non-hydrogen) atoms. The van der Waals surface area contributed by atoms with Gasteiger partial charge in [-0.25, -0.2) is 0 Å². The Balaban J connectivity index is 1.55. The Morgan fingerprint density at radius 2 is 1.38 bits per heavy atom. The summed E-state index contributed by atoms with van der Waals surface area (Å²) in [6.07, 6.45) is 3.96. The number of hydrogen-bond acceptors (Lipinski definition) is 3. The standard InChI is InChI=1S/C23H28N2O/c1-24-12-14-25(15-13-24)17-23(26)22-16-20-7-6-18-2-4-19(5-3-18)8-10-21(22)11-9-20/h2-5,9,11,16H,6-8,10,12-15,17H2,1H3. The highest BCUT2D eigenvalue weighted by Crippen LogP contribution is 2.20.